The number of oxazole rings is 1. The van der Waals surface area contributed by atoms with E-state index in [1.54, 1.807) is 0 Å². The first-order valence-corrected chi connectivity index (χ1v) is 7.06. The first-order chi connectivity index (χ1) is 9.28. The lowest BCUT2D eigenvalue weighted by Crippen LogP contribution is -2.40. The molecule has 1 heterocycles. The van der Waals surface area contributed by atoms with E-state index in [-0.39, 0.29) is 0 Å². The van der Waals surface area contributed by atoms with Crippen molar-refractivity contribution < 1.29 is 9.15 Å². The SMILES string of the molecule is CCOC1CC(Nc2ccc3oc(CC)nc3c2)C1. The first kappa shape index (κ1) is 12.5. The minimum absolute atomic E-state index is 0.435. The van der Waals surface area contributed by atoms with Gasteiger partial charge in [-0.05, 0) is 38.0 Å². The molecule has 1 aromatic heterocycles. The second-order valence-corrected chi connectivity index (χ2v) is 5.03. The van der Waals surface area contributed by atoms with Crippen molar-refractivity contribution in [2.75, 3.05) is 11.9 Å². The molecule has 0 bridgehead atoms. The molecule has 1 saturated carbocycles. The average Bonchev–Trinajstić information content (AvgIpc) is 2.78. The highest BCUT2D eigenvalue weighted by molar-refractivity contribution is 5.77. The molecule has 4 heteroatoms. The van der Waals surface area contributed by atoms with Gasteiger partial charge in [0.05, 0.1) is 6.10 Å². The van der Waals surface area contributed by atoms with Crippen molar-refractivity contribution in [1.82, 2.24) is 4.98 Å². The third kappa shape index (κ3) is 2.59. The maximum atomic E-state index is 5.61. The number of rotatable bonds is 5. The molecule has 0 amide bonds. The minimum atomic E-state index is 0.435. The van der Waals surface area contributed by atoms with Gasteiger partial charge in [-0.3, -0.25) is 0 Å². The third-order valence-electron chi connectivity index (χ3n) is 3.60. The van der Waals surface area contributed by atoms with E-state index in [0.717, 1.165) is 48.5 Å². The molecule has 0 radical (unpaired) electrons. The smallest absolute Gasteiger partial charge is 0.195 e. The van der Waals surface area contributed by atoms with Gasteiger partial charge in [0, 0.05) is 24.8 Å². The molecule has 102 valence electrons. The third-order valence-corrected chi connectivity index (χ3v) is 3.60. The predicted molar refractivity (Wildman–Crippen MR) is 75.4 cm³/mol. The molecule has 0 atom stereocenters. The molecular formula is C15H20N2O2. The van der Waals surface area contributed by atoms with Gasteiger partial charge >= 0.3 is 0 Å². The number of anilines is 1. The van der Waals surface area contributed by atoms with Gasteiger partial charge < -0.3 is 14.5 Å². The Labute approximate surface area is 113 Å². The summed E-state index contributed by atoms with van der Waals surface area (Å²) in [5, 5.41) is 3.52. The molecule has 0 spiro atoms. The molecule has 3 rings (SSSR count). The van der Waals surface area contributed by atoms with Crippen LogP contribution in [-0.2, 0) is 11.2 Å². The Morgan fingerprint density at radius 3 is 2.95 bits per heavy atom. The molecule has 0 saturated heterocycles. The molecule has 0 aliphatic heterocycles. The van der Waals surface area contributed by atoms with Crippen LogP contribution in [0.1, 0.15) is 32.6 Å². The van der Waals surface area contributed by atoms with Crippen LogP contribution in [0.5, 0.6) is 0 Å². The van der Waals surface area contributed by atoms with Crippen LogP contribution in [0.4, 0.5) is 5.69 Å². The number of nitrogens with zero attached hydrogens (tertiary/aromatic N) is 1. The standard InChI is InChI=1S/C15H20N2O2/c1-3-15-17-13-9-10(5-6-14(13)19-15)16-11-7-12(8-11)18-4-2/h5-6,9,11-12,16H,3-4,7-8H2,1-2H3. The van der Waals surface area contributed by atoms with Gasteiger partial charge in [0.15, 0.2) is 11.5 Å². The summed E-state index contributed by atoms with van der Waals surface area (Å²) in [6.45, 7) is 4.90. The fourth-order valence-electron chi connectivity index (χ4n) is 2.51. The predicted octanol–water partition coefficient (Wildman–Crippen LogP) is 3.37. The fourth-order valence-corrected chi connectivity index (χ4v) is 2.51. The van der Waals surface area contributed by atoms with Crippen LogP contribution in [0, 0.1) is 0 Å². The molecule has 1 fully saturated rings. The number of nitrogens with one attached hydrogen (secondary N) is 1. The van der Waals surface area contributed by atoms with Gasteiger partial charge in [0.2, 0.25) is 0 Å². The van der Waals surface area contributed by atoms with Crippen LogP contribution in [0.2, 0.25) is 0 Å². The molecule has 1 aromatic carbocycles. The Bertz CT molecular complexity index is 558. The van der Waals surface area contributed by atoms with E-state index in [1.807, 2.05) is 19.9 Å². The van der Waals surface area contributed by atoms with Gasteiger partial charge in [-0.1, -0.05) is 6.92 Å². The summed E-state index contributed by atoms with van der Waals surface area (Å²) >= 11 is 0. The van der Waals surface area contributed by atoms with Gasteiger partial charge in [0.1, 0.15) is 5.52 Å². The number of aryl methyl sites for hydroxylation is 1. The zero-order valence-electron chi connectivity index (χ0n) is 11.5. The molecule has 0 unspecified atom stereocenters. The van der Waals surface area contributed by atoms with Crippen LogP contribution >= 0.6 is 0 Å². The Balaban J connectivity index is 1.65. The van der Waals surface area contributed by atoms with Crippen molar-refractivity contribution in [2.45, 2.75) is 45.3 Å². The van der Waals surface area contributed by atoms with E-state index in [9.17, 15) is 0 Å². The normalized spacial score (nSPS) is 22.4. The van der Waals surface area contributed by atoms with E-state index in [0.29, 0.717) is 12.1 Å². The lowest BCUT2D eigenvalue weighted by molar-refractivity contribution is 0.00299. The van der Waals surface area contributed by atoms with Gasteiger partial charge in [-0.2, -0.15) is 0 Å². The Hall–Kier alpha value is -1.55. The summed E-state index contributed by atoms with van der Waals surface area (Å²) in [6.07, 6.45) is 3.44. The zero-order valence-corrected chi connectivity index (χ0v) is 11.5. The lowest BCUT2D eigenvalue weighted by Gasteiger charge is -2.36. The maximum Gasteiger partial charge on any atom is 0.195 e. The van der Waals surface area contributed by atoms with Crippen molar-refractivity contribution in [3.63, 3.8) is 0 Å². The van der Waals surface area contributed by atoms with Gasteiger partial charge in [-0.25, -0.2) is 4.98 Å². The average molecular weight is 260 g/mol. The molecule has 19 heavy (non-hydrogen) atoms. The summed E-state index contributed by atoms with van der Waals surface area (Å²) in [5.41, 5.74) is 2.91. The molecule has 1 N–H and O–H groups in total. The highest BCUT2D eigenvalue weighted by Gasteiger charge is 2.29. The highest BCUT2D eigenvalue weighted by atomic mass is 16.5. The highest BCUT2D eigenvalue weighted by Crippen LogP contribution is 2.28. The van der Waals surface area contributed by atoms with Crippen molar-refractivity contribution >= 4 is 16.8 Å². The van der Waals surface area contributed by atoms with Crippen LogP contribution in [0.3, 0.4) is 0 Å². The fraction of sp³-hybridized carbons (Fsp3) is 0.533. The van der Waals surface area contributed by atoms with E-state index < -0.39 is 0 Å². The Morgan fingerprint density at radius 2 is 2.21 bits per heavy atom. The summed E-state index contributed by atoms with van der Waals surface area (Å²) in [5.74, 6) is 0.798. The van der Waals surface area contributed by atoms with Gasteiger partial charge in [0.25, 0.3) is 0 Å². The molecule has 1 aliphatic rings. The summed E-state index contributed by atoms with van der Waals surface area (Å²) < 4.78 is 11.2. The summed E-state index contributed by atoms with van der Waals surface area (Å²) in [6, 6.07) is 6.63. The zero-order chi connectivity index (χ0) is 13.2. The van der Waals surface area contributed by atoms with Crippen LogP contribution < -0.4 is 5.32 Å². The van der Waals surface area contributed by atoms with E-state index >= 15 is 0 Å². The van der Waals surface area contributed by atoms with Crippen molar-refractivity contribution in [3.05, 3.63) is 24.1 Å². The molecular weight excluding hydrogens is 240 g/mol. The molecule has 4 nitrogen and oxygen atoms in total. The minimum Gasteiger partial charge on any atom is -0.441 e. The number of aromatic nitrogens is 1. The first-order valence-electron chi connectivity index (χ1n) is 7.06. The number of hydrogen-bond acceptors (Lipinski definition) is 4. The molecule has 2 aromatic rings. The lowest BCUT2D eigenvalue weighted by atomic mass is 9.89. The van der Waals surface area contributed by atoms with Crippen LogP contribution in [-0.4, -0.2) is 23.7 Å². The number of fused-ring (bicyclic) bond motifs is 1. The summed E-state index contributed by atoms with van der Waals surface area (Å²) in [7, 11) is 0. The number of hydrogen-bond donors (Lipinski definition) is 1. The van der Waals surface area contributed by atoms with E-state index in [4.69, 9.17) is 9.15 Å². The van der Waals surface area contributed by atoms with Gasteiger partial charge in [-0.15, -0.1) is 0 Å². The monoisotopic (exact) mass is 260 g/mol. The second kappa shape index (κ2) is 5.21. The van der Waals surface area contributed by atoms with Crippen molar-refractivity contribution in [2.24, 2.45) is 0 Å². The van der Waals surface area contributed by atoms with E-state index in [1.165, 1.54) is 0 Å². The maximum absolute atomic E-state index is 5.61. The van der Waals surface area contributed by atoms with Crippen molar-refractivity contribution in [3.8, 4) is 0 Å². The topological polar surface area (TPSA) is 47.3 Å². The number of benzene rings is 1. The second-order valence-electron chi connectivity index (χ2n) is 5.03. The Kier molecular flexibility index (Phi) is 3.42. The molecule has 1 aliphatic carbocycles. The quantitative estimate of drug-likeness (QED) is 0.895. The van der Waals surface area contributed by atoms with E-state index in [2.05, 4.69) is 22.4 Å². The number of ether oxygens (including phenoxy) is 1. The van der Waals surface area contributed by atoms with Crippen molar-refractivity contribution in [1.29, 1.82) is 0 Å². The summed E-state index contributed by atoms with van der Waals surface area (Å²) in [4.78, 5) is 4.46. The largest absolute Gasteiger partial charge is 0.441 e. The Morgan fingerprint density at radius 1 is 1.37 bits per heavy atom. The van der Waals surface area contributed by atoms with Crippen LogP contribution in [0.15, 0.2) is 22.6 Å². The van der Waals surface area contributed by atoms with Crippen LogP contribution in [0.25, 0.3) is 11.1 Å².